The van der Waals surface area contributed by atoms with Crippen LogP contribution in [0.5, 0.6) is 0 Å². The van der Waals surface area contributed by atoms with Crippen molar-refractivity contribution >= 4 is 48.9 Å². The molecule has 3 rings (SSSR count). The zero-order valence-electron chi connectivity index (χ0n) is 16.9. The Morgan fingerprint density at radius 3 is 2.33 bits per heavy atom. The van der Waals surface area contributed by atoms with E-state index in [1.54, 1.807) is 22.8 Å². The summed E-state index contributed by atoms with van der Waals surface area (Å²) < 4.78 is 41.2. The molecule has 2 aromatic carbocycles. The molecule has 0 fully saturated rings. The second-order valence-corrected chi connectivity index (χ2v) is 10.1. The number of nitrogens with zero attached hydrogens (tertiary/aromatic N) is 2. The van der Waals surface area contributed by atoms with Gasteiger partial charge in [-0.15, -0.1) is 0 Å². The zero-order valence-corrected chi connectivity index (χ0v) is 18.6. The van der Waals surface area contributed by atoms with E-state index in [-0.39, 0.29) is 16.6 Å². The fraction of sp³-hybridized carbons (Fsp3) is 0.300. The van der Waals surface area contributed by atoms with Crippen molar-refractivity contribution < 1.29 is 17.6 Å². The number of aromatic nitrogens is 1. The smallest absolute Gasteiger partial charge is 0.308 e. The SMILES string of the molecule is CC(C)n1c(=O)sc2cc(NC(=O)[C@@H](C)N(c3ccc(F)cc3)S(C)(=O)=O)ccc21. The third-order valence-electron chi connectivity index (χ3n) is 4.57. The van der Waals surface area contributed by atoms with Crippen LogP contribution in [0.4, 0.5) is 15.8 Å². The van der Waals surface area contributed by atoms with Gasteiger partial charge >= 0.3 is 4.87 Å². The summed E-state index contributed by atoms with van der Waals surface area (Å²) in [5, 5.41) is 2.70. The minimum atomic E-state index is -3.81. The van der Waals surface area contributed by atoms with Crippen LogP contribution in [0.3, 0.4) is 0 Å². The van der Waals surface area contributed by atoms with Gasteiger partial charge in [-0.3, -0.25) is 18.5 Å². The molecule has 0 aliphatic carbocycles. The fourth-order valence-electron chi connectivity index (χ4n) is 3.25. The third kappa shape index (κ3) is 4.39. The first kappa shape index (κ1) is 22.0. The average molecular weight is 452 g/mol. The van der Waals surface area contributed by atoms with E-state index in [0.29, 0.717) is 5.69 Å². The van der Waals surface area contributed by atoms with Gasteiger partial charge in [0.1, 0.15) is 11.9 Å². The molecule has 0 saturated carbocycles. The lowest BCUT2D eigenvalue weighted by atomic mass is 10.2. The highest BCUT2D eigenvalue weighted by Gasteiger charge is 2.29. The van der Waals surface area contributed by atoms with Crippen molar-refractivity contribution in [3.05, 3.63) is 57.9 Å². The molecule has 1 amide bonds. The van der Waals surface area contributed by atoms with Crippen molar-refractivity contribution in [3.63, 3.8) is 0 Å². The molecule has 30 heavy (non-hydrogen) atoms. The number of hydrogen-bond donors (Lipinski definition) is 1. The molecule has 0 radical (unpaired) electrons. The molecule has 160 valence electrons. The van der Waals surface area contributed by atoms with Crippen molar-refractivity contribution in [2.24, 2.45) is 0 Å². The number of hydrogen-bond acceptors (Lipinski definition) is 5. The van der Waals surface area contributed by atoms with E-state index in [1.165, 1.54) is 19.1 Å². The number of anilines is 2. The molecule has 0 aliphatic heterocycles. The van der Waals surface area contributed by atoms with Gasteiger partial charge in [0.15, 0.2) is 0 Å². The molecule has 10 heteroatoms. The molecule has 1 atom stereocenters. The van der Waals surface area contributed by atoms with Crippen molar-refractivity contribution in [2.45, 2.75) is 32.9 Å². The lowest BCUT2D eigenvalue weighted by Crippen LogP contribution is -2.45. The summed E-state index contributed by atoms with van der Waals surface area (Å²) in [5.74, 6) is -1.07. The van der Waals surface area contributed by atoms with E-state index in [2.05, 4.69) is 5.32 Å². The van der Waals surface area contributed by atoms with E-state index in [0.717, 1.165) is 44.2 Å². The number of fused-ring (bicyclic) bond motifs is 1. The number of nitrogens with one attached hydrogen (secondary N) is 1. The first-order valence-electron chi connectivity index (χ1n) is 9.20. The number of carbonyl (C=O) groups is 1. The standard InChI is InChI=1S/C20H22FN3O4S2/c1-12(2)23-17-10-7-15(11-18(17)29-20(23)26)22-19(25)13(3)24(30(4,27)28)16-8-5-14(21)6-9-16/h5-13H,1-4H3,(H,22,25)/t13-/m1/s1. The van der Waals surface area contributed by atoms with Gasteiger partial charge in [-0.05, 0) is 63.2 Å². The normalized spacial score (nSPS) is 12.9. The molecule has 1 N–H and O–H groups in total. The highest BCUT2D eigenvalue weighted by Crippen LogP contribution is 2.25. The molecule has 1 aromatic heterocycles. The van der Waals surface area contributed by atoms with Crippen molar-refractivity contribution in [2.75, 3.05) is 15.9 Å². The van der Waals surface area contributed by atoms with Gasteiger partial charge in [0.25, 0.3) is 0 Å². The zero-order chi connectivity index (χ0) is 22.2. The molecule has 0 unspecified atom stereocenters. The van der Waals surface area contributed by atoms with E-state index < -0.39 is 27.8 Å². The maximum Gasteiger partial charge on any atom is 0.308 e. The highest BCUT2D eigenvalue weighted by atomic mass is 32.2. The van der Waals surface area contributed by atoms with Crippen LogP contribution in [-0.4, -0.2) is 31.2 Å². The average Bonchev–Trinajstić information content (AvgIpc) is 2.97. The number of rotatable bonds is 6. The Morgan fingerprint density at radius 2 is 1.77 bits per heavy atom. The second-order valence-electron chi connectivity index (χ2n) is 7.21. The van der Waals surface area contributed by atoms with Gasteiger partial charge in [0.05, 0.1) is 22.2 Å². The molecule has 1 heterocycles. The summed E-state index contributed by atoms with van der Waals surface area (Å²) in [5.41, 5.74) is 1.41. The fourth-order valence-corrected chi connectivity index (χ4v) is 5.47. The molecular formula is C20H22FN3O4S2. The number of sulfonamides is 1. The van der Waals surface area contributed by atoms with Crippen LogP contribution in [0.1, 0.15) is 26.8 Å². The topological polar surface area (TPSA) is 88.5 Å². The first-order valence-corrected chi connectivity index (χ1v) is 11.9. The summed E-state index contributed by atoms with van der Waals surface area (Å²) >= 11 is 1.08. The predicted molar refractivity (Wildman–Crippen MR) is 118 cm³/mol. The monoisotopic (exact) mass is 451 g/mol. The third-order valence-corrected chi connectivity index (χ3v) is 6.73. The predicted octanol–water partition coefficient (Wildman–Crippen LogP) is 3.58. The second kappa shape index (κ2) is 8.19. The van der Waals surface area contributed by atoms with Crippen LogP contribution >= 0.6 is 11.3 Å². The van der Waals surface area contributed by atoms with Gasteiger partial charge in [-0.25, -0.2) is 12.8 Å². The molecule has 0 saturated heterocycles. The quantitative estimate of drug-likeness (QED) is 0.621. The molecular weight excluding hydrogens is 429 g/mol. The van der Waals surface area contributed by atoms with Gasteiger partial charge in [0.2, 0.25) is 15.9 Å². The molecule has 7 nitrogen and oxygen atoms in total. The highest BCUT2D eigenvalue weighted by molar-refractivity contribution is 7.92. The Bertz CT molecular complexity index is 1250. The van der Waals surface area contributed by atoms with Crippen LogP contribution in [0, 0.1) is 5.82 Å². The summed E-state index contributed by atoms with van der Waals surface area (Å²) in [6.07, 6.45) is 0.984. The Kier molecular flexibility index (Phi) is 6.00. The van der Waals surface area contributed by atoms with Gasteiger partial charge in [-0.1, -0.05) is 11.3 Å². The lowest BCUT2D eigenvalue weighted by Gasteiger charge is -2.28. The van der Waals surface area contributed by atoms with E-state index in [4.69, 9.17) is 0 Å². The largest absolute Gasteiger partial charge is 0.324 e. The van der Waals surface area contributed by atoms with Crippen LogP contribution in [0.15, 0.2) is 47.3 Å². The van der Waals surface area contributed by atoms with Crippen LogP contribution in [0.2, 0.25) is 0 Å². The molecule has 0 spiro atoms. The minimum Gasteiger partial charge on any atom is -0.324 e. The van der Waals surface area contributed by atoms with Gasteiger partial charge in [-0.2, -0.15) is 0 Å². The molecule has 0 bridgehead atoms. The van der Waals surface area contributed by atoms with E-state index in [9.17, 15) is 22.4 Å². The van der Waals surface area contributed by atoms with E-state index in [1.807, 2.05) is 13.8 Å². The first-order chi connectivity index (χ1) is 14.0. The Hall–Kier alpha value is -2.72. The Morgan fingerprint density at radius 1 is 1.13 bits per heavy atom. The molecule has 3 aromatic rings. The minimum absolute atomic E-state index is 0.00532. The number of thiazole rings is 1. The summed E-state index contributed by atoms with van der Waals surface area (Å²) in [6.45, 7) is 5.28. The summed E-state index contributed by atoms with van der Waals surface area (Å²) in [7, 11) is -3.81. The van der Waals surface area contributed by atoms with Gasteiger partial charge < -0.3 is 5.32 Å². The lowest BCUT2D eigenvalue weighted by molar-refractivity contribution is -0.116. The Labute approximate surface area is 177 Å². The maximum atomic E-state index is 13.2. The summed E-state index contributed by atoms with van der Waals surface area (Å²) in [4.78, 5) is 24.9. The van der Waals surface area contributed by atoms with Crippen molar-refractivity contribution in [1.29, 1.82) is 0 Å². The molecule has 0 aliphatic rings. The van der Waals surface area contributed by atoms with Gasteiger partial charge in [0, 0.05) is 11.7 Å². The number of benzene rings is 2. The van der Waals surface area contributed by atoms with Crippen LogP contribution in [-0.2, 0) is 14.8 Å². The Balaban J connectivity index is 1.90. The maximum absolute atomic E-state index is 13.2. The van der Waals surface area contributed by atoms with Crippen LogP contribution in [0.25, 0.3) is 10.2 Å². The number of carbonyl (C=O) groups excluding carboxylic acids is 1. The number of halogens is 1. The van der Waals surface area contributed by atoms with Crippen LogP contribution < -0.4 is 14.5 Å². The number of amides is 1. The van der Waals surface area contributed by atoms with Crippen molar-refractivity contribution in [3.8, 4) is 0 Å². The van der Waals surface area contributed by atoms with E-state index >= 15 is 0 Å². The van der Waals surface area contributed by atoms with Crippen molar-refractivity contribution in [1.82, 2.24) is 4.57 Å². The summed E-state index contributed by atoms with van der Waals surface area (Å²) in [6, 6.07) is 8.90.